The summed E-state index contributed by atoms with van der Waals surface area (Å²) >= 11 is 0. The SMILES string of the molecule is Nc1ccc(OC(F)(F)F)cc1C(=O)NCC(=O)NC1CCN(CC(=O)O)C1. The average Bonchev–Trinajstić information content (AvgIpc) is 2.99. The molecule has 9 nitrogen and oxygen atoms in total. The van der Waals surface area contributed by atoms with Crippen molar-refractivity contribution < 1.29 is 37.4 Å². The highest BCUT2D eigenvalue weighted by Crippen LogP contribution is 2.26. The molecule has 0 spiro atoms. The summed E-state index contributed by atoms with van der Waals surface area (Å²) in [6, 6.07) is 2.63. The van der Waals surface area contributed by atoms with E-state index < -0.39 is 36.4 Å². The first-order valence-corrected chi connectivity index (χ1v) is 8.20. The van der Waals surface area contributed by atoms with Crippen molar-refractivity contribution in [1.29, 1.82) is 0 Å². The Morgan fingerprint density at radius 1 is 1.32 bits per heavy atom. The normalized spacial score (nSPS) is 17.2. The molecule has 1 atom stereocenters. The van der Waals surface area contributed by atoms with Gasteiger partial charge in [0.25, 0.3) is 5.91 Å². The summed E-state index contributed by atoms with van der Waals surface area (Å²) in [4.78, 5) is 36.4. The molecule has 154 valence electrons. The van der Waals surface area contributed by atoms with Crippen LogP contribution in [0, 0.1) is 0 Å². The molecule has 2 amide bonds. The topological polar surface area (TPSA) is 134 Å². The van der Waals surface area contributed by atoms with Gasteiger partial charge >= 0.3 is 12.3 Å². The number of nitrogens with zero attached hydrogens (tertiary/aromatic N) is 1. The number of amides is 2. The fourth-order valence-corrected chi connectivity index (χ4v) is 2.75. The van der Waals surface area contributed by atoms with Crippen LogP contribution in [0.5, 0.6) is 5.75 Å². The van der Waals surface area contributed by atoms with Gasteiger partial charge in [0.2, 0.25) is 5.91 Å². The summed E-state index contributed by atoms with van der Waals surface area (Å²) in [7, 11) is 0. The van der Waals surface area contributed by atoms with Gasteiger partial charge in [0.1, 0.15) is 5.75 Å². The molecule has 0 aromatic heterocycles. The van der Waals surface area contributed by atoms with Crippen LogP contribution in [0.4, 0.5) is 18.9 Å². The third kappa shape index (κ3) is 6.61. The molecule has 1 heterocycles. The van der Waals surface area contributed by atoms with E-state index in [1.807, 2.05) is 0 Å². The maximum Gasteiger partial charge on any atom is 0.573 e. The van der Waals surface area contributed by atoms with Crippen molar-refractivity contribution in [3.63, 3.8) is 0 Å². The first kappa shape index (κ1) is 21.3. The van der Waals surface area contributed by atoms with E-state index in [-0.39, 0.29) is 23.8 Å². The number of anilines is 1. The van der Waals surface area contributed by atoms with Gasteiger partial charge in [-0.1, -0.05) is 0 Å². The molecule has 0 radical (unpaired) electrons. The number of nitrogen functional groups attached to an aromatic ring is 1. The van der Waals surface area contributed by atoms with E-state index in [2.05, 4.69) is 15.4 Å². The Bertz CT molecular complexity index is 756. The number of likely N-dealkylation sites (tertiary alicyclic amines) is 1. The van der Waals surface area contributed by atoms with E-state index in [0.29, 0.717) is 19.5 Å². The van der Waals surface area contributed by atoms with Crippen LogP contribution in [0.2, 0.25) is 0 Å². The van der Waals surface area contributed by atoms with E-state index >= 15 is 0 Å². The second-order valence-corrected chi connectivity index (χ2v) is 6.16. The smallest absolute Gasteiger partial charge is 0.480 e. The molecule has 1 aromatic carbocycles. The predicted molar refractivity (Wildman–Crippen MR) is 90.5 cm³/mol. The number of nitrogens with one attached hydrogen (secondary N) is 2. The van der Waals surface area contributed by atoms with Gasteiger partial charge in [-0.25, -0.2) is 0 Å². The van der Waals surface area contributed by atoms with Gasteiger partial charge < -0.3 is 26.2 Å². The zero-order chi connectivity index (χ0) is 20.9. The predicted octanol–water partition coefficient (Wildman–Crippen LogP) is 0.172. The number of benzene rings is 1. The number of nitrogens with two attached hydrogens (primary N) is 1. The molecule has 0 bridgehead atoms. The lowest BCUT2D eigenvalue weighted by atomic mass is 10.1. The molecule has 28 heavy (non-hydrogen) atoms. The maximum absolute atomic E-state index is 12.3. The molecule has 5 N–H and O–H groups in total. The minimum absolute atomic E-state index is 0.0764. The number of hydrogen-bond acceptors (Lipinski definition) is 6. The van der Waals surface area contributed by atoms with Crippen LogP contribution in [0.25, 0.3) is 0 Å². The minimum Gasteiger partial charge on any atom is -0.480 e. The lowest BCUT2D eigenvalue weighted by Crippen LogP contribution is -2.43. The highest BCUT2D eigenvalue weighted by atomic mass is 19.4. The number of carbonyl (C=O) groups excluding carboxylic acids is 2. The molecule has 1 aliphatic rings. The summed E-state index contributed by atoms with van der Waals surface area (Å²) in [6.45, 7) is 0.346. The Morgan fingerprint density at radius 2 is 2.04 bits per heavy atom. The Balaban J connectivity index is 1.85. The van der Waals surface area contributed by atoms with Crippen molar-refractivity contribution in [3.8, 4) is 5.75 Å². The van der Waals surface area contributed by atoms with Crippen LogP contribution >= 0.6 is 0 Å². The Morgan fingerprint density at radius 3 is 2.68 bits per heavy atom. The van der Waals surface area contributed by atoms with Gasteiger partial charge in [-0.15, -0.1) is 13.2 Å². The van der Waals surface area contributed by atoms with Crippen LogP contribution < -0.4 is 21.1 Å². The largest absolute Gasteiger partial charge is 0.573 e. The van der Waals surface area contributed by atoms with Crippen molar-refractivity contribution in [2.45, 2.75) is 18.8 Å². The summed E-state index contributed by atoms with van der Waals surface area (Å²) in [5.41, 5.74) is 5.26. The number of carboxylic acid groups (broad SMARTS) is 1. The van der Waals surface area contributed by atoms with Crippen molar-refractivity contribution in [2.75, 3.05) is 31.9 Å². The highest BCUT2D eigenvalue weighted by molar-refractivity contribution is 6.01. The van der Waals surface area contributed by atoms with E-state index in [1.165, 1.54) is 0 Å². The average molecular weight is 404 g/mol. The molecule has 2 rings (SSSR count). The summed E-state index contributed by atoms with van der Waals surface area (Å²) in [5, 5.41) is 13.7. The Labute approximate surface area is 157 Å². The fourth-order valence-electron chi connectivity index (χ4n) is 2.75. The number of hydrogen-bond donors (Lipinski definition) is 4. The zero-order valence-electron chi connectivity index (χ0n) is 14.6. The van der Waals surface area contributed by atoms with Gasteiger partial charge in [-0.3, -0.25) is 19.3 Å². The molecule has 1 fully saturated rings. The van der Waals surface area contributed by atoms with E-state index in [9.17, 15) is 27.6 Å². The molecule has 12 heteroatoms. The summed E-state index contributed by atoms with van der Waals surface area (Å²) < 4.78 is 40.6. The van der Waals surface area contributed by atoms with Crippen LogP contribution in [0.1, 0.15) is 16.8 Å². The standard InChI is InChI=1S/C16H19F3N4O5/c17-16(18,19)28-10-1-2-12(20)11(5-10)15(27)21-6-13(24)22-9-3-4-23(7-9)8-14(25)26/h1-2,5,9H,3-4,6-8,20H2,(H,21,27)(H,22,24)(H,25,26). The number of ether oxygens (including phenoxy) is 1. The van der Waals surface area contributed by atoms with Crippen molar-refractivity contribution >= 4 is 23.5 Å². The summed E-state index contributed by atoms with van der Waals surface area (Å²) in [6.07, 6.45) is -4.35. The monoisotopic (exact) mass is 404 g/mol. The second kappa shape index (κ2) is 8.78. The van der Waals surface area contributed by atoms with Crippen molar-refractivity contribution in [1.82, 2.24) is 15.5 Å². The number of aliphatic carboxylic acids is 1. The van der Waals surface area contributed by atoms with Gasteiger partial charge in [0.05, 0.1) is 18.7 Å². The molecular weight excluding hydrogens is 385 g/mol. The molecule has 1 aromatic rings. The molecule has 0 saturated carbocycles. The number of alkyl halides is 3. The van der Waals surface area contributed by atoms with Crippen LogP contribution in [-0.4, -0.2) is 66.4 Å². The third-order valence-electron chi connectivity index (χ3n) is 3.91. The molecule has 1 unspecified atom stereocenters. The molecule has 1 aliphatic heterocycles. The maximum atomic E-state index is 12.3. The number of carbonyl (C=O) groups is 3. The lowest BCUT2D eigenvalue weighted by Gasteiger charge is -2.15. The van der Waals surface area contributed by atoms with E-state index in [1.54, 1.807) is 4.90 Å². The lowest BCUT2D eigenvalue weighted by molar-refractivity contribution is -0.274. The first-order chi connectivity index (χ1) is 13.0. The number of carboxylic acids is 1. The summed E-state index contributed by atoms with van der Waals surface area (Å²) in [5.74, 6) is -2.93. The van der Waals surface area contributed by atoms with Gasteiger partial charge in [-0.05, 0) is 24.6 Å². The first-order valence-electron chi connectivity index (χ1n) is 8.20. The number of halogens is 3. The zero-order valence-corrected chi connectivity index (χ0v) is 14.6. The molecule has 0 aliphatic carbocycles. The second-order valence-electron chi connectivity index (χ2n) is 6.16. The molecular formula is C16H19F3N4O5. The fraction of sp³-hybridized carbons (Fsp3) is 0.438. The van der Waals surface area contributed by atoms with Crippen molar-refractivity contribution in [2.24, 2.45) is 0 Å². The molecule has 1 saturated heterocycles. The minimum atomic E-state index is -4.92. The quantitative estimate of drug-likeness (QED) is 0.476. The number of rotatable bonds is 7. The van der Waals surface area contributed by atoms with E-state index in [0.717, 1.165) is 18.2 Å². The van der Waals surface area contributed by atoms with Gasteiger partial charge in [0.15, 0.2) is 0 Å². The highest BCUT2D eigenvalue weighted by Gasteiger charge is 2.31. The van der Waals surface area contributed by atoms with Crippen LogP contribution in [0.15, 0.2) is 18.2 Å². The van der Waals surface area contributed by atoms with E-state index in [4.69, 9.17) is 10.8 Å². The van der Waals surface area contributed by atoms with Crippen molar-refractivity contribution in [3.05, 3.63) is 23.8 Å². The third-order valence-corrected chi connectivity index (χ3v) is 3.91. The Kier molecular flexibility index (Phi) is 6.67. The van der Waals surface area contributed by atoms with Gasteiger partial charge in [0, 0.05) is 24.8 Å². The van der Waals surface area contributed by atoms with Crippen LogP contribution in [0.3, 0.4) is 0 Å². The van der Waals surface area contributed by atoms with Gasteiger partial charge in [-0.2, -0.15) is 0 Å². The van der Waals surface area contributed by atoms with Crippen LogP contribution in [-0.2, 0) is 9.59 Å². The Hall–Kier alpha value is -3.02.